The first-order valence-corrected chi connectivity index (χ1v) is 11.0. The number of hydrogen-bond acceptors (Lipinski definition) is 4. The monoisotopic (exact) mass is 416 g/mol. The zero-order chi connectivity index (χ0) is 22.7. The van der Waals surface area contributed by atoms with Gasteiger partial charge in [-0.3, -0.25) is 4.79 Å². The van der Waals surface area contributed by atoms with E-state index in [0.29, 0.717) is 19.4 Å². The molecule has 1 rings (SSSR count). The van der Waals surface area contributed by atoms with E-state index in [2.05, 4.69) is 11.8 Å². The van der Waals surface area contributed by atoms with Crippen molar-refractivity contribution in [2.75, 3.05) is 13.7 Å². The second kappa shape index (κ2) is 17.7. The van der Waals surface area contributed by atoms with Gasteiger partial charge in [-0.05, 0) is 58.2 Å². The quantitative estimate of drug-likeness (QED) is 0.195. The molecule has 0 bridgehead atoms. The van der Waals surface area contributed by atoms with E-state index in [0.717, 1.165) is 43.1 Å². The normalized spacial score (nSPS) is 10.3. The molecule has 0 amide bonds. The molecule has 0 unspecified atom stereocenters. The number of methoxy groups -OCH3 is 1. The number of carbonyl (C=O) groups excluding carboxylic acids is 2. The second-order valence-electron chi connectivity index (χ2n) is 8.12. The molecule has 0 aliphatic rings. The van der Waals surface area contributed by atoms with E-state index < -0.39 is 0 Å². The van der Waals surface area contributed by atoms with Crippen LogP contribution in [0.5, 0.6) is 0 Å². The van der Waals surface area contributed by atoms with Crippen LogP contribution in [0.25, 0.3) is 0 Å². The standard InChI is InChI=1S/C21H28O3.C5H12O/c1-2-24-21(23)18-20-15-13-19(14-16-20)12-10-8-6-4-3-5-7-9-11-17-22;1-5(2,3)6-4/h13-17H,2-9,11,18H2,1H3;1-4H3. The van der Waals surface area contributed by atoms with Gasteiger partial charge in [-0.25, -0.2) is 0 Å². The van der Waals surface area contributed by atoms with Gasteiger partial charge in [0.1, 0.15) is 6.29 Å². The minimum absolute atomic E-state index is 0.0417. The SMILES string of the molecule is CCOC(=O)Cc1ccc(C#CCCCCCCCCC=O)cc1.COC(C)(C)C. The lowest BCUT2D eigenvalue weighted by molar-refractivity contribution is -0.142. The Labute approximate surface area is 183 Å². The van der Waals surface area contributed by atoms with E-state index >= 15 is 0 Å². The van der Waals surface area contributed by atoms with Gasteiger partial charge in [-0.1, -0.05) is 49.7 Å². The van der Waals surface area contributed by atoms with Gasteiger partial charge in [-0.2, -0.15) is 0 Å². The van der Waals surface area contributed by atoms with Crippen molar-refractivity contribution in [1.82, 2.24) is 0 Å². The average Bonchev–Trinajstić information content (AvgIpc) is 2.71. The van der Waals surface area contributed by atoms with Crippen molar-refractivity contribution in [3.63, 3.8) is 0 Å². The maximum absolute atomic E-state index is 11.4. The van der Waals surface area contributed by atoms with Gasteiger partial charge in [0.15, 0.2) is 0 Å². The largest absolute Gasteiger partial charge is 0.466 e. The molecule has 0 atom stereocenters. The van der Waals surface area contributed by atoms with Crippen LogP contribution in [0, 0.1) is 11.8 Å². The Kier molecular flexibility index (Phi) is 16.5. The summed E-state index contributed by atoms with van der Waals surface area (Å²) in [5.74, 6) is 6.18. The molecule has 0 aliphatic heterocycles. The van der Waals surface area contributed by atoms with Crippen LogP contribution in [0.15, 0.2) is 24.3 Å². The van der Waals surface area contributed by atoms with E-state index in [1.54, 1.807) is 7.11 Å². The predicted molar refractivity (Wildman–Crippen MR) is 123 cm³/mol. The fourth-order valence-corrected chi connectivity index (χ4v) is 2.40. The number of benzene rings is 1. The molecular formula is C26H40O4. The molecule has 0 N–H and O–H groups in total. The molecule has 0 aliphatic carbocycles. The van der Waals surface area contributed by atoms with Crippen LogP contribution >= 0.6 is 0 Å². The topological polar surface area (TPSA) is 52.6 Å². The number of aldehydes is 1. The number of esters is 1. The minimum atomic E-state index is -0.192. The molecule has 0 saturated heterocycles. The van der Waals surface area contributed by atoms with E-state index in [9.17, 15) is 9.59 Å². The molecular weight excluding hydrogens is 376 g/mol. The summed E-state index contributed by atoms with van der Waals surface area (Å²) in [6.45, 7) is 8.29. The first kappa shape index (κ1) is 27.9. The fourth-order valence-electron chi connectivity index (χ4n) is 2.40. The predicted octanol–water partition coefficient (Wildman–Crippen LogP) is 5.89. The zero-order valence-electron chi connectivity index (χ0n) is 19.6. The maximum Gasteiger partial charge on any atom is 0.310 e. The van der Waals surface area contributed by atoms with Crippen LogP contribution in [-0.4, -0.2) is 31.6 Å². The third kappa shape index (κ3) is 17.9. The van der Waals surface area contributed by atoms with Crippen LogP contribution in [0.3, 0.4) is 0 Å². The third-order valence-corrected chi connectivity index (χ3v) is 4.33. The van der Waals surface area contributed by atoms with Crippen LogP contribution in [0.1, 0.15) is 90.2 Å². The van der Waals surface area contributed by atoms with Gasteiger partial charge < -0.3 is 14.3 Å². The molecule has 0 spiro atoms. The Morgan fingerprint density at radius 2 is 1.57 bits per heavy atom. The van der Waals surface area contributed by atoms with Gasteiger partial charge in [-0.15, -0.1) is 0 Å². The van der Waals surface area contributed by atoms with Gasteiger partial charge in [0.2, 0.25) is 0 Å². The summed E-state index contributed by atoms with van der Waals surface area (Å²) in [5.41, 5.74) is 1.98. The first-order chi connectivity index (χ1) is 14.3. The number of unbranched alkanes of at least 4 members (excludes halogenated alkanes) is 7. The molecule has 1 aromatic rings. The maximum atomic E-state index is 11.4. The third-order valence-electron chi connectivity index (χ3n) is 4.33. The fraction of sp³-hybridized carbons (Fsp3) is 0.615. The molecule has 0 radical (unpaired) electrons. The van der Waals surface area contributed by atoms with E-state index in [1.807, 2.05) is 52.0 Å². The van der Waals surface area contributed by atoms with Crippen LogP contribution < -0.4 is 0 Å². The summed E-state index contributed by atoms with van der Waals surface area (Å²) < 4.78 is 9.87. The molecule has 30 heavy (non-hydrogen) atoms. The highest BCUT2D eigenvalue weighted by atomic mass is 16.5. The second-order valence-corrected chi connectivity index (χ2v) is 8.12. The molecule has 0 fully saturated rings. The summed E-state index contributed by atoms with van der Waals surface area (Å²) in [5, 5.41) is 0. The van der Waals surface area contributed by atoms with Crippen molar-refractivity contribution >= 4 is 12.3 Å². The van der Waals surface area contributed by atoms with Crippen molar-refractivity contribution in [1.29, 1.82) is 0 Å². The number of carbonyl (C=O) groups is 2. The van der Waals surface area contributed by atoms with Gasteiger partial charge in [0.05, 0.1) is 18.6 Å². The smallest absolute Gasteiger partial charge is 0.310 e. The Hall–Kier alpha value is -2.12. The lowest BCUT2D eigenvalue weighted by atomic mass is 10.1. The number of rotatable bonds is 11. The summed E-state index contributed by atoms with van der Waals surface area (Å²) in [6, 6.07) is 7.77. The van der Waals surface area contributed by atoms with Crippen LogP contribution in [-0.2, 0) is 25.5 Å². The molecule has 0 heterocycles. The molecule has 4 heteroatoms. The Morgan fingerprint density at radius 3 is 2.10 bits per heavy atom. The van der Waals surface area contributed by atoms with E-state index in [-0.39, 0.29) is 11.6 Å². The Bertz CT molecular complexity index is 630. The molecule has 168 valence electrons. The summed E-state index contributed by atoms with van der Waals surface area (Å²) >= 11 is 0. The van der Waals surface area contributed by atoms with E-state index in [1.165, 1.54) is 19.3 Å². The molecule has 0 aromatic heterocycles. The zero-order valence-corrected chi connectivity index (χ0v) is 19.6. The number of ether oxygens (including phenoxy) is 2. The lowest BCUT2D eigenvalue weighted by Gasteiger charge is -2.14. The Morgan fingerprint density at radius 1 is 1.00 bits per heavy atom. The number of hydrogen-bond donors (Lipinski definition) is 0. The van der Waals surface area contributed by atoms with Crippen LogP contribution in [0.2, 0.25) is 0 Å². The van der Waals surface area contributed by atoms with Crippen molar-refractivity contribution in [3.05, 3.63) is 35.4 Å². The summed E-state index contributed by atoms with van der Waals surface area (Å²) in [6.07, 6.45) is 9.87. The minimum Gasteiger partial charge on any atom is -0.466 e. The van der Waals surface area contributed by atoms with Crippen molar-refractivity contribution in [2.45, 2.75) is 91.1 Å². The highest BCUT2D eigenvalue weighted by Crippen LogP contribution is 2.08. The first-order valence-electron chi connectivity index (χ1n) is 11.0. The van der Waals surface area contributed by atoms with Gasteiger partial charge >= 0.3 is 5.97 Å². The Balaban J connectivity index is 0.00000122. The van der Waals surface area contributed by atoms with E-state index in [4.69, 9.17) is 9.47 Å². The van der Waals surface area contributed by atoms with Crippen LogP contribution in [0.4, 0.5) is 0 Å². The summed E-state index contributed by atoms with van der Waals surface area (Å²) in [4.78, 5) is 21.6. The average molecular weight is 417 g/mol. The highest BCUT2D eigenvalue weighted by molar-refractivity contribution is 5.72. The van der Waals surface area contributed by atoms with Crippen molar-refractivity contribution < 1.29 is 19.1 Å². The highest BCUT2D eigenvalue weighted by Gasteiger charge is 2.04. The van der Waals surface area contributed by atoms with Crippen molar-refractivity contribution in [2.24, 2.45) is 0 Å². The molecule has 0 saturated carbocycles. The summed E-state index contributed by atoms with van der Waals surface area (Å²) in [7, 11) is 1.71. The molecule has 4 nitrogen and oxygen atoms in total. The molecule has 1 aromatic carbocycles. The lowest BCUT2D eigenvalue weighted by Crippen LogP contribution is -2.15. The van der Waals surface area contributed by atoms with Crippen molar-refractivity contribution in [3.8, 4) is 11.8 Å². The van der Waals surface area contributed by atoms with Gasteiger partial charge in [0.25, 0.3) is 0 Å². The van der Waals surface area contributed by atoms with Gasteiger partial charge in [0, 0.05) is 25.5 Å².